The number of ether oxygens (including phenoxy) is 1. The molecule has 0 amide bonds. The zero-order chi connectivity index (χ0) is 23.2. The Hall–Kier alpha value is -2.89. The van der Waals surface area contributed by atoms with Crippen molar-refractivity contribution in [1.82, 2.24) is 4.98 Å². The highest BCUT2D eigenvalue weighted by molar-refractivity contribution is 5.79. The number of nitro benzene ring substituents is 1. The first-order chi connectivity index (χ1) is 14.2. The van der Waals surface area contributed by atoms with E-state index in [0.717, 1.165) is 6.42 Å². The van der Waals surface area contributed by atoms with E-state index in [1.807, 2.05) is 45.0 Å². The number of hydrogen-bond donors (Lipinski definition) is 0. The van der Waals surface area contributed by atoms with Crippen molar-refractivity contribution in [3.8, 4) is 11.5 Å². The maximum Gasteiger partial charge on any atom is 0.315 e. The van der Waals surface area contributed by atoms with Crippen molar-refractivity contribution in [2.75, 3.05) is 0 Å². The molecule has 0 fully saturated rings. The molecule has 0 radical (unpaired) electrons. The molecular weight excluding hydrogens is 392 g/mol. The number of benzene rings is 2. The van der Waals surface area contributed by atoms with E-state index in [9.17, 15) is 10.1 Å². The van der Waals surface area contributed by atoms with Gasteiger partial charge in [0, 0.05) is 11.5 Å². The molecule has 6 nitrogen and oxygen atoms in total. The van der Waals surface area contributed by atoms with Crippen LogP contribution in [0.3, 0.4) is 0 Å². The monoisotopic (exact) mass is 424 g/mol. The van der Waals surface area contributed by atoms with Crippen LogP contribution in [0.4, 0.5) is 5.69 Å². The predicted octanol–water partition coefficient (Wildman–Crippen LogP) is 7.54. The summed E-state index contributed by atoms with van der Waals surface area (Å²) in [6.45, 7) is 17.1. The minimum Gasteiger partial charge on any atom is -0.450 e. The first-order valence-electron chi connectivity index (χ1n) is 10.5. The number of rotatable bonds is 5. The van der Waals surface area contributed by atoms with Crippen LogP contribution in [-0.2, 0) is 10.8 Å². The second-order valence-electron chi connectivity index (χ2n) is 11.1. The van der Waals surface area contributed by atoms with Gasteiger partial charge >= 0.3 is 5.69 Å². The van der Waals surface area contributed by atoms with E-state index in [4.69, 9.17) is 9.15 Å². The van der Waals surface area contributed by atoms with E-state index >= 15 is 0 Å². The molecule has 0 atom stereocenters. The summed E-state index contributed by atoms with van der Waals surface area (Å²) in [5, 5.41) is 11.6. The molecule has 0 aliphatic carbocycles. The Balaban J connectivity index is 1.93. The number of hydrogen-bond acceptors (Lipinski definition) is 5. The van der Waals surface area contributed by atoms with Gasteiger partial charge in [-0.1, -0.05) is 67.5 Å². The van der Waals surface area contributed by atoms with E-state index < -0.39 is 4.92 Å². The number of nitro groups is 1. The lowest BCUT2D eigenvalue weighted by atomic mass is 9.72. The molecule has 3 aromatic rings. The molecule has 2 aromatic carbocycles. The van der Waals surface area contributed by atoms with Gasteiger partial charge in [0.05, 0.1) is 11.0 Å². The molecule has 0 N–H and O–H groups in total. The molecule has 0 aliphatic heterocycles. The maximum absolute atomic E-state index is 11.6. The summed E-state index contributed by atoms with van der Waals surface area (Å²) in [5.74, 6) is 1.21. The largest absolute Gasteiger partial charge is 0.450 e. The Morgan fingerprint density at radius 2 is 1.61 bits per heavy atom. The second kappa shape index (κ2) is 7.66. The number of oxazole rings is 1. The minimum atomic E-state index is -0.463. The highest BCUT2D eigenvalue weighted by Gasteiger charge is 2.28. The molecule has 6 heteroatoms. The van der Waals surface area contributed by atoms with Gasteiger partial charge in [-0.3, -0.25) is 10.1 Å². The highest BCUT2D eigenvalue weighted by Crippen LogP contribution is 2.39. The van der Waals surface area contributed by atoms with Gasteiger partial charge in [-0.2, -0.15) is 0 Å². The van der Waals surface area contributed by atoms with Crippen molar-refractivity contribution >= 4 is 16.8 Å². The summed E-state index contributed by atoms with van der Waals surface area (Å²) in [7, 11) is 0. The van der Waals surface area contributed by atoms with Crippen LogP contribution in [0.5, 0.6) is 11.5 Å². The Labute approximate surface area is 183 Å². The number of nitrogens with zero attached hydrogens (tertiary/aromatic N) is 2. The van der Waals surface area contributed by atoms with Crippen LogP contribution >= 0.6 is 0 Å². The molecule has 166 valence electrons. The topological polar surface area (TPSA) is 78.4 Å². The first kappa shape index (κ1) is 22.8. The third-order valence-electron chi connectivity index (χ3n) is 5.14. The fourth-order valence-corrected chi connectivity index (χ4v) is 4.02. The van der Waals surface area contributed by atoms with Crippen LogP contribution in [0.15, 0.2) is 40.8 Å². The van der Waals surface area contributed by atoms with Crippen LogP contribution in [0.25, 0.3) is 11.1 Å². The van der Waals surface area contributed by atoms with Gasteiger partial charge in [0.2, 0.25) is 11.6 Å². The fraction of sp³-hybridized carbons (Fsp3) is 0.480. The molecule has 1 heterocycles. The molecule has 1 aromatic heterocycles. The second-order valence-corrected chi connectivity index (χ2v) is 11.1. The number of aromatic nitrogens is 1. The standard InChI is InChI=1S/C25H32N2O4/c1-23(2,3)15-25(7,8)16-9-11-17(12-10-16)30-21-13-18-20(14-19(21)27(28)29)31-22(26-18)24(4,5)6/h9-14H,15H2,1-8H3. The SMILES string of the molecule is CC(C)(C)CC(C)(C)c1ccc(Oc2cc3nc(C(C)(C)C)oc3cc2[N+](=O)[O-])cc1. The zero-order valence-corrected chi connectivity index (χ0v) is 19.7. The van der Waals surface area contributed by atoms with E-state index in [1.165, 1.54) is 11.6 Å². The maximum atomic E-state index is 11.6. The molecular formula is C25H32N2O4. The summed E-state index contributed by atoms with van der Waals surface area (Å²) in [5.41, 5.74) is 1.87. The van der Waals surface area contributed by atoms with Crippen LogP contribution in [0.2, 0.25) is 0 Å². The van der Waals surface area contributed by atoms with Gasteiger partial charge < -0.3 is 9.15 Å². The Kier molecular flexibility index (Phi) is 5.63. The molecule has 3 rings (SSSR count). The molecule has 0 aliphatic rings. The van der Waals surface area contributed by atoms with Crippen molar-refractivity contribution < 1.29 is 14.1 Å². The van der Waals surface area contributed by atoms with Gasteiger partial charge in [-0.05, 0) is 34.9 Å². The van der Waals surface area contributed by atoms with E-state index in [2.05, 4.69) is 39.6 Å². The van der Waals surface area contributed by atoms with Crippen LogP contribution in [0.1, 0.15) is 73.3 Å². The molecule has 31 heavy (non-hydrogen) atoms. The molecule has 0 unspecified atom stereocenters. The quantitative estimate of drug-likeness (QED) is 0.312. The van der Waals surface area contributed by atoms with Crippen molar-refractivity contribution in [3.63, 3.8) is 0 Å². The predicted molar refractivity (Wildman–Crippen MR) is 123 cm³/mol. The van der Waals surface area contributed by atoms with Crippen molar-refractivity contribution in [1.29, 1.82) is 0 Å². The molecule has 0 saturated carbocycles. The van der Waals surface area contributed by atoms with Gasteiger partial charge in [0.1, 0.15) is 11.3 Å². The smallest absolute Gasteiger partial charge is 0.315 e. The summed E-state index contributed by atoms with van der Waals surface area (Å²) < 4.78 is 11.7. The van der Waals surface area contributed by atoms with Gasteiger partial charge in [-0.15, -0.1) is 0 Å². The van der Waals surface area contributed by atoms with Crippen LogP contribution in [-0.4, -0.2) is 9.91 Å². The summed E-state index contributed by atoms with van der Waals surface area (Å²) in [4.78, 5) is 15.7. The molecule has 0 bridgehead atoms. The number of fused-ring (bicyclic) bond motifs is 1. The van der Waals surface area contributed by atoms with Crippen LogP contribution < -0.4 is 4.74 Å². The Morgan fingerprint density at radius 1 is 1.00 bits per heavy atom. The van der Waals surface area contributed by atoms with E-state index in [0.29, 0.717) is 22.7 Å². The van der Waals surface area contributed by atoms with Crippen molar-refractivity contribution in [2.45, 2.75) is 72.6 Å². The summed E-state index contributed by atoms with van der Waals surface area (Å²) >= 11 is 0. The Bertz CT molecular complexity index is 1100. The van der Waals surface area contributed by atoms with Gasteiger partial charge in [-0.25, -0.2) is 4.98 Å². The lowest BCUT2D eigenvalue weighted by Gasteiger charge is -2.33. The summed E-state index contributed by atoms with van der Waals surface area (Å²) in [6, 6.07) is 10.7. The van der Waals surface area contributed by atoms with Gasteiger partial charge in [0.25, 0.3) is 0 Å². The zero-order valence-electron chi connectivity index (χ0n) is 19.7. The van der Waals surface area contributed by atoms with E-state index in [-0.39, 0.29) is 27.7 Å². The fourth-order valence-electron chi connectivity index (χ4n) is 4.02. The lowest BCUT2D eigenvalue weighted by molar-refractivity contribution is -0.385. The molecule has 0 spiro atoms. The average Bonchev–Trinajstić information content (AvgIpc) is 3.02. The third kappa shape index (κ3) is 5.24. The first-order valence-corrected chi connectivity index (χ1v) is 10.5. The van der Waals surface area contributed by atoms with Crippen molar-refractivity contribution in [3.05, 3.63) is 58.0 Å². The highest BCUT2D eigenvalue weighted by atomic mass is 16.6. The normalized spacial score (nSPS) is 12.9. The van der Waals surface area contributed by atoms with Gasteiger partial charge in [0.15, 0.2) is 5.58 Å². The average molecular weight is 425 g/mol. The van der Waals surface area contributed by atoms with E-state index in [1.54, 1.807) is 6.07 Å². The molecule has 0 saturated heterocycles. The minimum absolute atomic E-state index is 0.00571. The summed E-state index contributed by atoms with van der Waals surface area (Å²) in [6.07, 6.45) is 1.03. The third-order valence-corrected chi connectivity index (χ3v) is 5.14. The van der Waals surface area contributed by atoms with Crippen LogP contribution in [0, 0.1) is 15.5 Å². The lowest BCUT2D eigenvalue weighted by Crippen LogP contribution is -2.24. The van der Waals surface area contributed by atoms with Crippen molar-refractivity contribution in [2.24, 2.45) is 5.41 Å². The Morgan fingerprint density at radius 3 is 2.13 bits per heavy atom.